The molecule has 0 spiro atoms. The van der Waals surface area contributed by atoms with E-state index in [1.54, 1.807) is 6.92 Å². The number of amides is 1. The zero-order valence-electron chi connectivity index (χ0n) is 13.9. The molecule has 1 saturated heterocycles. The Balaban J connectivity index is 1.65. The van der Waals surface area contributed by atoms with Gasteiger partial charge in [-0.1, -0.05) is 17.3 Å². The van der Waals surface area contributed by atoms with Crippen molar-refractivity contribution < 1.29 is 9.32 Å². The highest BCUT2D eigenvalue weighted by molar-refractivity contribution is 7.98. The first-order valence-corrected chi connectivity index (χ1v) is 9.15. The van der Waals surface area contributed by atoms with Crippen molar-refractivity contribution in [1.82, 2.24) is 20.8 Å². The summed E-state index contributed by atoms with van der Waals surface area (Å²) in [6.45, 7) is 4.88. The van der Waals surface area contributed by atoms with E-state index in [0.717, 1.165) is 24.3 Å². The zero-order valence-corrected chi connectivity index (χ0v) is 14.7. The van der Waals surface area contributed by atoms with Gasteiger partial charge in [0.2, 0.25) is 5.89 Å². The normalized spacial score (nSPS) is 20.8. The first-order chi connectivity index (χ1) is 11.6. The van der Waals surface area contributed by atoms with Crippen molar-refractivity contribution in [3.8, 4) is 0 Å². The summed E-state index contributed by atoms with van der Waals surface area (Å²) >= 11 is 1.53. The molecule has 1 aromatic heterocycles. The van der Waals surface area contributed by atoms with Crippen LogP contribution in [-0.4, -0.2) is 34.7 Å². The number of rotatable bonds is 5. The maximum Gasteiger partial charge on any atom is 0.252 e. The average molecular weight is 346 g/mol. The molecule has 6 nitrogen and oxygen atoms in total. The average Bonchev–Trinajstić information content (AvgIpc) is 2.99. The van der Waals surface area contributed by atoms with Crippen LogP contribution in [0.5, 0.6) is 0 Å². The molecule has 0 aliphatic carbocycles. The van der Waals surface area contributed by atoms with E-state index in [0.29, 0.717) is 29.1 Å². The van der Waals surface area contributed by atoms with Crippen LogP contribution in [-0.2, 0) is 5.75 Å². The maximum absolute atomic E-state index is 12.7. The second-order valence-electron chi connectivity index (χ2n) is 6.07. The first-order valence-electron chi connectivity index (χ1n) is 8.17. The third-order valence-corrected chi connectivity index (χ3v) is 5.07. The molecule has 1 aliphatic rings. The van der Waals surface area contributed by atoms with E-state index in [9.17, 15) is 4.79 Å². The summed E-state index contributed by atoms with van der Waals surface area (Å²) in [6, 6.07) is 8.31. The summed E-state index contributed by atoms with van der Waals surface area (Å²) in [4.78, 5) is 17.8. The Bertz CT molecular complexity index is 703. The molecule has 1 fully saturated rings. The van der Waals surface area contributed by atoms with Gasteiger partial charge < -0.3 is 15.2 Å². The van der Waals surface area contributed by atoms with Gasteiger partial charge in [-0.25, -0.2) is 0 Å². The molecule has 3 rings (SSSR count). The highest BCUT2D eigenvalue weighted by atomic mass is 32.2. The van der Waals surface area contributed by atoms with Crippen molar-refractivity contribution in [1.29, 1.82) is 0 Å². The number of aryl methyl sites for hydroxylation is 1. The van der Waals surface area contributed by atoms with Crippen LogP contribution < -0.4 is 10.6 Å². The first kappa shape index (κ1) is 17.0. The summed E-state index contributed by atoms with van der Waals surface area (Å²) in [7, 11) is 0. The van der Waals surface area contributed by atoms with Crippen LogP contribution in [0, 0.1) is 6.92 Å². The van der Waals surface area contributed by atoms with E-state index >= 15 is 0 Å². The number of carbonyl (C=O) groups is 1. The number of nitrogens with one attached hydrogen (secondary N) is 2. The van der Waals surface area contributed by atoms with Gasteiger partial charge in [-0.05, 0) is 45.4 Å². The van der Waals surface area contributed by atoms with Crippen molar-refractivity contribution in [3.05, 3.63) is 41.5 Å². The summed E-state index contributed by atoms with van der Waals surface area (Å²) in [5.74, 6) is 1.73. The van der Waals surface area contributed by atoms with Crippen LogP contribution in [0.3, 0.4) is 0 Å². The number of aromatic nitrogens is 2. The summed E-state index contributed by atoms with van der Waals surface area (Å²) in [5.41, 5.74) is 0.699. The standard InChI is InChI=1S/C17H22N4O2S/c1-11-9-13(7-8-18-11)20-17(22)14-5-3-4-6-15(14)24-10-16-19-12(2)21-23-16/h3-6,11,13,18H,7-10H2,1-2H3,(H,20,22). The summed E-state index contributed by atoms with van der Waals surface area (Å²) in [5, 5.41) is 10.3. The van der Waals surface area contributed by atoms with Gasteiger partial charge >= 0.3 is 0 Å². The number of piperidine rings is 1. The smallest absolute Gasteiger partial charge is 0.252 e. The van der Waals surface area contributed by atoms with Crippen LogP contribution in [0.25, 0.3) is 0 Å². The van der Waals surface area contributed by atoms with Crippen LogP contribution in [0.15, 0.2) is 33.7 Å². The predicted octanol–water partition coefficient (Wildman–Crippen LogP) is 2.54. The number of benzene rings is 1. The van der Waals surface area contributed by atoms with Crippen molar-refractivity contribution in [2.45, 2.75) is 49.4 Å². The Kier molecular flexibility index (Phi) is 5.52. The highest BCUT2D eigenvalue weighted by Gasteiger charge is 2.21. The summed E-state index contributed by atoms with van der Waals surface area (Å²) in [6.07, 6.45) is 1.93. The zero-order chi connectivity index (χ0) is 16.9. The van der Waals surface area contributed by atoms with Crippen LogP contribution in [0.2, 0.25) is 0 Å². The maximum atomic E-state index is 12.7. The second-order valence-corrected chi connectivity index (χ2v) is 7.09. The molecule has 7 heteroatoms. The Labute approximate surface area is 145 Å². The lowest BCUT2D eigenvalue weighted by Gasteiger charge is -2.28. The number of thioether (sulfide) groups is 1. The lowest BCUT2D eigenvalue weighted by atomic mass is 10.0. The minimum absolute atomic E-state index is 0.0149. The van der Waals surface area contributed by atoms with Crippen molar-refractivity contribution in [2.75, 3.05) is 6.54 Å². The molecular weight excluding hydrogens is 324 g/mol. The lowest BCUT2D eigenvalue weighted by Crippen LogP contribution is -2.46. The van der Waals surface area contributed by atoms with Gasteiger partial charge in [0.15, 0.2) is 5.82 Å². The SMILES string of the molecule is Cc1noc(CSc2ccccc2C(=O)NC2CCNC(C)C2)n1. The van der Waals surface area contributed by atoms with E-state index in [4.69, 9.17) is 4.52 Å². The van der Waals surface area contributed by atoms with Gasteiger partial charge in [0.25, 0.3) is 5.91 Å². The van der Waals surface area contributed by atoms with Crippen LogP contribution in [0.1, 0.15) is 41.8 Å². The van der Waals surface area contributed by atoms with Crippen LogP contribution >= 0.6 is 11.8 Å². The molecule has 2 N–H and O–H groups in total. The lowest BCUT2D eigenvalue weighted by molar-refractivity contribution is 0.0922. The third-order valence-electron chi connectivity index (χ3n) is 4.01. The van der Waals surface area contributed by atoms with Crippen molar-refractivity contribution in [3.63, 3.8) is 0 Å². The van der Waals surface area contributed by atoms with E-state index < -0.39 is 0 Å². The number of nitrogens with zero attached hydrogens (tertiary/aromatic N) is 2. The molecule has 1 amide bonds. The largest absolute Gasteiger partial charge is 0.349 e. The molecule has 1 aromatic carbocycles. The Morgan fingerprint density at radius 2 is 2.29 bits per heavy atom. The molecule has 2 aromatic rings. The molecule has 128 valence electrons. The van der Waals surface area contributed by atoms with Gasteiger partial charge in [-0.2, -0.15) is 4.98 Å². The minimum atomic E-state index is -0.0149. The molecule has 2 heterocycles. The van der Waals surface area contributed by atoms with E-state index in [2.05, 4.69) is 27.7 Å². The van der Waals surface area contributed by atoms with E-state index in [1.807, 2.05) is 24.3 Å². The van der Waals surface area contributed by atoms with Gasteiger partial charge in [0.1, 0.15) is 0 Å². The fraction of sp³-hybridized carbons (Fsp3) is 0.471. The fourth-order valence-corrected chi connectivity index (χ4v) is 3.73. The highest BCUT2D eigenvalue weighted by Crippen LogP contribution is 2.26. The minimum Gasteiger partial charge on any atom is -0.349 e. The van der Waals surface area contributed by atoms with Gasteiger partial charge in [0, 0.05) is 17.0 Å². The Morgan fingerprint density at radius 1 is 1.46 bits per heavy atom. The second kappa shape index (κ2) is 7.81. The third kappa shape index (κ3) is 4.36. The molecular formula is C17H22N4O2S. The van der Waals surface area contributed by atoms with Gasteiger partial charge in [-0.3, -0.25) is 4.79 Å². The topological polar surface area (TPSA) is 80.0 Å². The molecule has 0 radical (unpaired) electrons. The fourth-order valence-electron chi connectivity index (χ4n) is 2.84. The predicted molar refractivity (Wildman–Crippen MR) is 93.0 cm³/mol. The van der Waals surface area contributed by atoms with E-state index in [1.165, 1.54) is 11.8 Å². The molecule has 24 heavy (non-hydrogen) atoms. The summed E-state index contributed by atoms with van der Waals surface area (Å²) < 4.78 is 5.13. The molecule has 0 saturated carbocycles. The van der Waals surface area contributed by atoms with Crippen LogP contribution in [0.4, 0.5) is 0 Å². The number of carbonyl (C=O) groups excluding carboxylic acids is 1. The Morgan fingerprint density at radius 3 is 3.04 bits per heavy atom. The van der Waals surface area contributed by atoms with Gasteiger partial charge in [-0.15, -0.1) is 11.8 Å². The number of hydrogen-bond donors (Lipinski definition) is 2. The van der Waals surface area contributed by atoms with Crippen molar-refractivity contribution >= 4 is 17.7 Å². The number of hydrogen-bond acceptors (Lipinski definition) is 6. The molecule has 0 bridgehead atoms. The monoisotopic (exact) mass is 346 g/mol. The quantitative estimate of drug-likeness (QED) is 0.810. The molecule has 2 unspecified atom stereocenters. The van der Waals surface area contributed by atoms with Gasteiger partial charge in [0.05, 0.1) is 11.3 Å². The Hall–Kier alpha value is -1.86. The molecule has 1 aliphatic heterocycles. The van der Waals surface area contributed by atoms with E-state index in [-0.39, 0.29) is 11.9 Å². The van der Waals surface area contributed by atoms with Crippen molar-refractivity contribution in [2.24, 2.45) is 0 Å². The molecule has 2 atom stereocenters.